The first-order chi connectivity index (χ1) is 15.1. The van der Waals surface area contributed by atoms with Crippen molar-refractivity contribution in [3.05, 3.63) is 90.5 Å². The molecule has 31 heavy (non-hydrogen) atoms. The van der Waals surface area contributed by atoms with Gasteiger partial charge in [-0.15, -0.1) is 11.8 Å². The maximum absolute atomic E-state index is 13.6. The van der Waals surface area contributed by atoms with Crippen molar-refractivity contribution in [2.45, 2.75) is 42.9 Å². The molecule has 1 fully saturated rings. The first-order valence-corrected chi connectivity index (χ1v) is 13.5. The third kappa shape index (κ3) is 5.40. The highest BCUT2D eigenvalue weighted by atomic mass is 32.2. The van der Waals surface area contributed by atoms with Gasteiger partial charge in [-0.1, -0.05) is 86.6 Å². The Bertz CT molecular complexity index is 953. The van der Waals surface area contributed by atoms with Crippen LogP contribution in [0.5, 0.6) is 0 Å². The number of nitrogens with zero attached hydrogens (tertiary/aromatic N) is 1. The van der Waals surface area contributed by atoms with E-state index in [1.807, 2.05) is 18.2 Å². The molecular weight excluding hydrogens is 417 g/mol. The SMILES string of the molecule is CC(C)Sc1ccccc1C(=O)N1CCC[C@H]1CP(c1ccccc1)c1ccccc1. The van der Waals surface area contributed by atoms with Crippen molar-refractivity contribution < 1.29 is 4.79 Å². The Labute approximate surface area is 191 Å². The van der Waals surface area contributed by atoms with Gasteiger partial charge in [0.2, 0.25) is 0 Å². The molecule has 1 aliphatic heterocycles. The van der Waals surface area contributed by atoms with E-state index >= 15 is 0 Å². The monoisotopic (exact) mass is 447 g/mol. The van der Waals surface area contributed by atoms with E-state index in [0.717, 1.165) is 36.0 Å². The van der Waals surface area contributed by atoms with Gasteiger partial charge in [0.05, 0.1) is 5.56 Å². The minimum atomic E-state index is -0.503. The first-order valence-electron chi connectivity index (χ1n) is 11.1. The third-order valence-electron chi connectivity index (χ3n) is 5.65. The largest absolute Gasteiger partial charge is 0.335 e. The fraction of sp³-hybridized carbons (Fsp3) is 0.296. The van der Waals surface area contributed by atoms with Crippen LogP contribution in [0.15, 0.2) is 89.8 Å². The van der Waals surface area contributed by atoms with Crippen LogP contribution >= 0.6 is 19.7 Å². The quantitative estimate of drug-likeness (QED) is 0.331. The summed E-state index contributed by atoms with van der Waals surface area (Å²) in [6.07, 6.45) is 3.20. The molecule has 0 bridgehead atoms. The lowest BCUT2D eigenvalue weighted by molar-refractivity contribution is 0.0746. The van der Waals surface area contributed by atoms with Gasteiger partial charge in [0.15, 0.2) is 0 Å². The lowest BCUT2D eigenvalue weighted by Crippen LogP contribution is -2.38. The number of carbonyl (C=O) groups excluding carboxylic acids is 1. The molecule has 1 atom stereocenters. The van der Waals surface area contributed by atoms with E-state index in [0.29, 0.717) is 5.25 Å². The lowest BCUT2D eigenvalue weighted by Gasteiger charge is -2.30. The molecule has 0 aromatic heterocycles. The van der Waals surface area contributed by atoms with E-state index in [1.54, 1.807) is 11.8 Å². The van der Waals surface area contributed by atoms with E-state index in [9.17, 15) is 4.79 Å². The fourth-order valence-electron chi connectivity index (χ4n) is 4.23. The van der Waals surface area contributed by atoms with Crippen molar-refractivity contribution in [2.75, 3.05) is 12.7 Å². The fourth-order valence-corrected chi connectivity index (χ4v) is 7.77. The Morgan fingerprint density at radius 2 is 1.52 bits per heavy atom. The summed E-state index contributed by atoms with van der Waals surface area (Å²) in [6, 6.07) is 30.1. The van der Waals surface area contributed by atoms with Crippen LogP contribution in [0.2, 0.25) is 0 Å². The second kappa shape index (κ2) is 10.5. The summed E-state index contributed by atoms with van der Waals surface area (Å²) in [4.78, 5) is 16.9. The Balaban J connectivity index is 1.60. The smallest absolute Gasteiger partial charge is 0.255 e. The number of carbonyl (C=O) groups is 1. The van der Waals surface area contributed by atoms with Crippen molar-refractivity contribution in [3.63, 3.8) is 0 Å². The van der Waals surface area contributed by atoms with Crippen molar-refractivity contribution in [2.24, 2.45) is 0 Å². The topological polar surface area (TPSA) is 20.3 Å². The Morgan fingerprint density at radius 1 is 0.935 bits per heavy atom. The first kappa shape index (κ1) is 22.1. The lowest BCUT2D eigenvalue weighted by atomic mass is 10.2. The predicted molar refractivity (Wildman–Crippen MR) is 135 cm³/mol. The summed E-state index contributed by atoms with van der Waals surface area (Å²) >= 11 is 1.78. The average molecular weight is 448 g/mol. The second-order valence-electron chi connectivity index (χ2n) is 8.24. The van der Waals surface area contributed by atoms with E-state index in [4.69, 9.17) is 0 Å². The molecule has 4 rings (SSSR count). The van der Waals surface area contributed by atoms with Gasteiger partial charge in [-0.3, -0.25) is 4.79 Å². The molecule has 0 radical (unpaired) electrons. The molecule has 2 nitrogen and oxygen atoms in total. The standard InChI is InChI=1S/C27H30NOPS/c1-21(2)31-26-18-10-9-17-25(26)27(29)28-19-11-12-22(28)20-30(23-13-5-3-6-14-23)24-15-7-4-8-16-24/h3-10,13-18,21-22H,11-12,19-20H2,1-2H3/t22-/m0/s1. The van der Waals surface area contributed by atoms with E-state index < -0.39 is 7.92 Å². The van der Waals surface area contributed by atoms with Gasteiger partial charge < -0.3 is 4.90 Å². The molecule has 0 aliphatic carbocycles. The molecule has 3 aromatic rings. The molecule has 160 valence electrons. The maximum atomic E-state index is 13.6. The van der Waals surface area contributed by atoms with Crippen molar-refractivity contribution >= 4 is 36.2 Å². The highest BCUT2D eigenvalue weighted by Crippen LogP contribution is 2.38. The summed E-state index contributed by atoms with van der Waals surface area (Å²) in [5.74, 6) is 0.197. The summed E-state index contributed by atoms with van der Waals surface area (Å²) < 4.78 is 0. The van der Waals surface area contributed by atoms with Crippen LogP contribution < -0.4 is 10.6 Å². The van der Waals surface area contributed by atoms with Crippen LogP contribution in [-0.2, 0) is 0 Å². The molecule has 0 spiro atoms. The van der Waals surface area contributed by atoms with Crippen molar-refractivity contribution in [1.29, 1.82) is 0 Å². The number of amides is 1. The normalized spacial score (nSPS) is 16.3. The van der Waals surface area contributed by atoms with Crippen LogP contribution in [-0.4, -0.2) is 34.8 Å². The van der Waals surface area contributed by atoms with E-state index in [-0.39, 0.29) is 11.9 Å². The zero-order chi connectivity index (χ0) is 21.6. The molecule has 1 aliphatic rings. The van der Waals surface area contributed by atoms with Gasteiger partial charge in [0.1, 0.15) is 0 Å². The van der Waals surface area contributed by atoms with E-state index in [2.05, 4.69) is 85.5 Å². The van der Waals surface area contributed by atoms with Crippen LogP contribution in [0.4, 0.5) is 0 Å². The molecule has 0 N–H and O–H groups in total. The number of hydrogen-bond donors (Lipinski definition) is 0. The van der Waals surface area contributed by atoms with Crippen LogP contribution in [0.1, 0.15) is 37.0 Å². The number of benzene rings is 3. The average Bonchev–Trinajstić information content (AvgIpc) is 3.26. The molecule has 3 aromatic carbocycles. The third-order valence-corrected chi connectivity index (χ3v) is 9.36. The molecular formula is C27H30NOPS. The molecule has 4 heteroatoms. The van der Waals surface area contributed by atoms with Gasteiger partial charge in [-0.05, 0) is 49.7 Å². The maximum Gasteiger partial charge on any atom is 0.255 e. The van der Waals surface area contributed by atoms with Crippen molar-refractivity contribution in [3.8, 4) is 0 Å². The minimum Gasteiger partial charge on any atom is -0.335 e. The van der Waals surface area contributed by atoms with E-state index in [1.165, 1.54) is 10.6 Å². The second-order valence-corrected chi connectivity index (χ2v) is 12.1. The molecule has 1 heterocycles. The Hall–Kier alpha value is -2.09. The van der Waals surface area contributed by atoms with Crippen LogP contribution in [0.3, 0.4) is 0 Å². The van der Waals surface area contributed by atoms with Gasteiger partial charge in [-0.25, -0.2) is 0 Å². The molecule has 0 saturated carbocycles. The highest BCUT2D eigenvalue weighted by Gasteiger charge is 2.33. The van der Waals surface area contributed by atoms with Gasteiger partial charge >= 0.3 is 0 Å². The summed E-state index contributed by atoms with van der Waals surface area (Å²) in [5.41, 5.74) is 0.858. The predicted octanol–water partition coefficient (Wildman–Crippen LogP) is 5.92. The zero-order valence-electron chi connectivity index (χ0n) is 18.3. The Morgan fingerprint density at radius 3 is 2.13 bits per heavy atom. The van der Waals surface area contributed by atoms with Gasteiger partial charge in [-0.2, -0.15) is 0 Å². The van der Waals surface area contributed by atoms with Gasteiger partial charge in [0, 0.05) is 22.7 Å². The Kier molecular flexibility index (Phi) is 7.48. The molecule has 1 amide bonds. The summed E-state index contributed by atoms with van der Waals surface area (Å²) in [6.45, 7) is 5.21. The summed E-state index contributed by atoms with van der Waals surface area (Å²) in [5, 5.41) is 3.23. The number of rotatable bonds is 7. The zero-order valence-corrected chi connectivity index (χ0v) is 20.0. The number of thioether (sulfide) groups is 1. The van der Waals surface area contributed by atoms with Gasteiger partial charge in [0.25, 0.3) is 5.91 Å². The van der Waals surface area contributed by atoms with Crippen LogP contribution in [0, 0.1) is 0 Å². The molecule has 0 unspecified atom stereocenters. The number of hydrogen-bond acceptors (Lipinski definition) is 2. The van der Waals surface area contributed by atoms with Crippen LogP contribution in [0.25, 0.3) is 0 Å². The minimum absolute atomic E-state index is 0.197. The molecule has 1 saturated heterocycles. The van der Waals surface area contributed by atoms with Crippen molar-refractivity contribution in [1.82, 2.24) is 4.90 Å². The summed E-state index contributed by atoms with van der Waals surface area (Å²) in [7, 11) is -0.503. The number of likely N-dealkylation sites (tertiary alicyclic amines) is 1. The highest BCUT2D eigenvalue weighted by molar-refractivity contribution is 8.00.